The van der Waals surface area contributed by atoms with Crippen molar-refractivity contribution in [3.63, 3.8) is 0 Å². The van der Waals surface area contributed by atoms with Gasteiger partial charge >= 0.3 is 5.97 Å². The zero-order valence-electron chi connectivity index (χ0n) is 27.6. The van der Waals surface area contributed by atoms with E-state index in [1.165, 1.54) is 56.4 Å². The molecule has 0 saturated carbocycles. The summed E-state index contributed by atoms with van der Waals surface area (Å²) in [6.45, 7) is 6.77. The van der Waals surface area contributed by atoms with Gasteiger partial charge in [-0.05, 0) is 78.1 Å². The Balaban J connectivity index is 0.902. The molecule has 0 bridgehead atoms. The number of aliphatic imine (C=N–C) groups is 3. The van der Waals surface area contributed by atoms with E-state index < -0.39 is 0 Å². The van der Waals surface area contributed by atoms with Crippen molar-refractivity contribution < 1.29 is 14.7 Å². The van der Waals surface area contributed by atoms with Crippen LogP contribution in [0.4, 0.5) is 0 Å². The summed E-state index contributed by atoms with van der Waals surface area (Å²) in [4.78, 5) is 32.7. The number of hydroxylamine groups is 2. The highest BCUT2D eigenvalue weighted by Gasteiger charge is 2.46. The highest BCUT2D eigenvalue weighted by atomic mass is 16.5. The molecule has 0 unspecified atom stereocenters. The first-order chi connectivity index (χ1) is 21.4. The Labute approximate surface area is 264 Å². The van der Waals surface area contributed by atoms with Gasteiger partial charge in [0.15, 0.2) is 0 Å². The van der Waals surface area contributed by atoms with E-state index >= 15 is 0 Å². The molecule has 3 saturated heterocycles. The highest BCUT2D eigenvalue weighted by Crippen LogP contribution is 2.41. The minimum Gasteiger partial charge on any atom is -0.462 e. The van der Waals surface area contributed by atoms with E-state index in [0.717, 1.165) is 94.0 Å². The summed E-state index contributed by atoms with van der Waals surface area (Å²) in [6, 6.07) is 2.37. The fourth-order valence-corrected chi connectivity index (χ4v) is 8.69. The van der Waals surface area contributed by atoms with Crippen LogP contribution in [0.3, 0.4) is 0 Å². The van der Waals surface area contributed by atoms with Crippen LogP contribution in [0.5, 0.6) is 0 Å². The Hall–Kier alpha value is -2.42. The fraction of sp³-hybridized carbons (Fsp3) is 0.829. The van der Waals surface area contributed by atoms with Crippen LogP contribution in [-0.4, -0.2) is 86.5 Å². The predicted octanol–water partition coefficient (Wildman–Crippen LogP) is 7.00. The molecule has 6 aliphatic rings. The van der Waals surface area contributed by atoms with E-state index in [2.05, 4.69) is 23.6 Å². The van der Waals surface area contributed by atoms with E-state index in [9.17, 15) is 10.0 Å². The fourth-order valence-electron chi connectivity index (χ4n) is 8.69. The largest absolute Gasteiger partial charge is 0.462 e. The Morgan fingerprint density at radius 3 is 2.30 bits per heavy atom. The molecule has 6 heterocycles. The summed E-state index contributed by atoms with van der Waals surface area (Å²) in [5.74, 6) is 1.44. The minimum absolute atomic E-state index is 0.154. The van der Waals surface area contributed by atoms with Crippen LogP contribution in [0.25, 0.3) is 0 Å². The lowest BCUT2D eigenvalue weighted by Gasteiger charge is -2.47. The van der Waals surface area contributed by atoms with Gasteiger partial charge in [-0.2, -0.15) is 0 Å². The molecule has 244 valence electrons. The SMILES string of the molecule is CCCCCCC[C@@H]1C[C@@H]2CCC3=C(C(=O)OCCCCCCC[C@@H]4C[C@@H]5CC[C@@H]6C[C@H](C)N(O)C(=N4)N65)C(C)=NC(=N1)N32. The maximum atomic E-state index is 13.2. The lowest BCUT2D eigenvalue weighted by molar-refractivity contribution is -0.138. The van der Waals surface area contributed by atoms with Gasteiger partial charge in [-0.25, -0.2) is 24.8 Å². The Morgan fingerprint density at radius 1 is 0.864 bits per heavy atom. The summed E-state index contributed by atoms with van der Waals surface area (Å²) in [5, 5.41) is 12.1. The highest BCUT2D eigenvalue weighted by molar-refractivity contribution is 6.23. The topological polar surface area (TPSA) is 93.3 Å². The average molecular weight is 609 g/mol. The van der Waals surface area contributed by atoms with E-state index in [1.54, 1.807) is 0 Å². The van der Waals surface area contributed by atoms with Gasteiger partial charge < -0.3 is 14.5 Å². The lowest BCUT2D eigenvalue weighted by Crippen LogP contribution is -2.59. The van der Waals surface area contributed by atoms with Crippen LogP contribution in [0, 0.1) is 0 Å². The van der Waals surface area contributed by atoms with Crippen LogP contribution < -0.4 is 0 Å². The molecule has 1 N–H and O–H groups in total. The standard InChI is InChI=1S/C35H56N6O3/c1-4-5-6-8-11-14-26-22-30-18-19-31-32(25(3)36-34(37-26)40(30)31)33(42)44-20-13-10-7-9-12-15-27-23-29-17-16-28-21-24(2)41(43)35(38-27)39(28)29/h24,26-30,43H,4-23H2,1-3H3/t24-,26+,27+,28+,29-,30-/m0/s1. The van der Waals surface area contributed by atoms with Crippen LogP contribution in [0.15, 0.2) is 26.2 Å². The average Bonchev–Trinajstić information content (AvgIpc) is 3.62. The maximum absolute atomic E-state index is 13.2. The molecular weight excluding hydrogens is 552 g/mol. The molecule has 0 aromatic carbocycles. The van der Waals surface area contributed by atoms with Crippen LogP contribution >= 0.6 is 0 Å². The molecular formula is C35H56N6O3. The van der Waals surface area contributed by atoms with Gasteiger partial charge in [0.25, 0.3) is 0 Å². The van der Waals surface area contributed by atoms with E-state index in [1.807, 2.05) is 6.92 Å². The van der Waals surface area contributed by atoms with Gasteiger partial charge in [-0.15, -0.1) is 0 Å². The van der Waals surface area contributed by atoms with Crippen molar-refractivity contribution >= 4 is 23.6 Å². The number of ether oxygens (including phenoxy) is 1. The molecule has 3 fully saturated rings. The van der Waals surface area contributed by atoms with Gasteiger partial charge in [-0.1, -0.05) is 64.7 Å². The van der Waals surface area contributed by atoms with Gasteiger partial charge in [0.2, 0.25) is 11.9 Å². The first-order valence-corrected chi connectivity index (χ1v) is 18.1. The number of carbonyl (C=O) groups excluding carboxylic acids is 1. The smallest absolute Gasteiger partial charge is 0.341 e. The normalized spacial score (nSPS) is 30.6. The molecule has 0 aliphatic carbocycles. The number of allylic oxidation sites excluding steroid dienone is 1. The maximum Gasteiger partial charge on any atom is 0.341 e. The zero-order chi connectivity index (χ0) is 30.6. The summed E-state index contributed by atoms with van der Waals surface area (Å²) >= 11 is 0. The Bertz CT molecular complexity index is 1160. The lowest BCUT2D eigenvalue weighted by atomic mass is 9.97. The molecule has 0 radical (unpaired) electrons. The molecule has 0 spiro atoms. The van der Waals surface area contributed by atoms with E-state index in [0.29, 0.717) is 42.4 Å². The Morgan fingerprint density at radius 2 is 1.52 bits per heavy atom. The van der Waals surface area contributed by atoms with Gasteiger partial charge in [0.05, 0.1) is 30.4 Å². The molecule has 0 aromatic rings. The van der Waals surface area contributed by atoms with Crippen molar-refractivity contribution in [1.82, 2.24) is 14.9 Å². The number of guanidine groups is 2. The molecule has 9 nitrogen and oxygen atoms in total. The van der Waals surface area contributed by atoms with Crippen LogP contribution in [0.2, 0.25) is 0 Å². The molecule has 0 amide bonds. The van der Waals surface area contributed by atoms with Crippen molar-refractivity contribution in [2.24, 2.45) is 15.0 Å². The van der Waals surface area contributed by atoms with E-state index in [-0.39, 0.29) is 12.0 Å². The number of nitrogens with zero attached hydrogens (tertiary/aromatic N) is 6. The third-order valence-corrected chi connectivity index (χ3v) is 11.0. The quantitative estimate of drug-likeness (QED) is 0.159. The second kappa shape index (κ2) is 14.3. The third kappa shape index (κ3) is 6.73. The van der Waals surface area contributed by atoms with Crippen molar-refractivity contribution in [2.75, 3.05) is 6.61 Å². The number of unbranched alkanes of at least 4 members (excludes halogenated alkanes) is 8. The van der Waals surface area contributed by atoms with Crippen LogP contribution in [-0.2, 0) is 9.53 Å². The van der Waals surface area contributed by atoms with Crippen LogP contribution in [0.1, 0.15) is 143 Å². The summed E-state index contributed by atoms with van der Waals surface area (Å²) in [6.07, 6.45) is 21.8. The summed E-state index contributed by atoms with van der Waals surface area (Å²) < 4.78 is 5.79. The van der Waals surface area contributed by atoms with Gasteiger partial charge in [0.1, 0.15) is 5.57 Å². The first kappa shape index (κ1) is 31.6. The minimum atomic E-state index is -0.214. The van der Waals surface area contributed by atoms with Crippen molar-refractivity contribution in [3.05, 3.63) is 11.3 Å². The predicted molar refractivity (Wildman–Crippen MR) is 175 cm³/mol. The van der Waals surface area contributed by atoms with Crippen molar-refractivity contribution in [3.8, 4) is 0 Å². The van der Waals surface area contributed by atoms with Gasteiger partial charge in [-0.3, -0.25) is 5.21 Å². The number of hydrogen-bond donors (Lipinski definition) is 1. The number of esters is 1. The second-order valence-electron chi connectivity index (χ2n) is 14.3. The second-order valence-corrected chi connectivity index (χ2v) is 14.3. The molecule has 6 rings (SSSR count). The Kier molecular flexibility index (Phi) is 10.3. The molecule has 9 heteroatoms. The summed E-state index contributed by atoms with van der Waals surface area (Å²) in [7, 11) is 0. The van der Waals surface area contributed by atoms with Crippen molar-refractivity contribution in [2.45, 2.75) is 179 Å². The molecule has 6 atom stereocenters. The monoisotopic (exact) mass is 608 g/mol. The molecule has 6 aliphatic heterocycles. The number of rotatable bonds is 15. The van der Waals surface area contributed by atoms with Crippen molar-refractivity contribution in [1.29, 1.82) is 0 Å². The molecule has 44 heavy (non-hydrogen) atoms. The molecule has 0 aromatic heterocycles. The van der Waals surface area contributed by atoms with E-state index in [4.69, 9.17) is 19.7 Å². The first-order valence-electron chi connectivity index (χ1n) is 18.1. The number of hydrogen-bond acceptors (Lipinski definition) is 9. The zero-order valence-corrected chi connectivity index (χ0v) is 27.6. The third-order valence-electron chi connectivity index (χ3n) is 11.0. The number of carbonyl (C=O) groups is 1. The van der Waals surface area contributed by atoms with Gasteiger partial charge in [0, 0.05) is 23.8 Å². The summed E-state index contributed by atoms with van der Waals surface area (Å²) in [5.41, 5.74) is 2.53.